The molecular formula is C13H26N2O3. The van der Waals surface area contributed by atoms with Crippen LogP contribution in [-0.4, -0.2) is 72.9 Å². The van der Waals surface area contributed by atoms with Crippen molar-refractivity contribution in [2.24, 2.45) is 0 Å². The van der Waals surface area contributed by atoms with Gasteiger partial charge in [-0.05, 0) is 33.7 Å². The fourth-order valence-corrected chi connectivity index (χ4v) is 2.22. The van der Waals surface area contributed by atoms with E-state index in [-0.39, 0.29) is 5.91 Å². The fraction of sp³-hybridized carbons (Fsp3) is 0.923. The Bertz CT molecular complexity index is 283. The molecule has 0 aromatic heterocycles. The van der Waals surface area contributed by atoms with Crippen LogP contribution in [0.3, 0.4) is 0 Å². The Morgan fingerprint density at radius 3 is 2.78 bits per heavy atom. The molecule has 18 heavy (non-hydrogen) atoms. The molecule has 1 unspecified atom stereocenters. The monoisotopic (exact) mass is 258 g/mol. The molecule has 1 N–H and O–H groups in total. The van der Waals surface area contributed by atoms with Crippen molar-refractivity contribution in [2.45, 2.75) is 38.3 Å². The first-order chi connectivity index (χ1) is 8.40. The molecule has 106 valence electrons. The molecule has 0 aromatic rings. The molecule has 0 aromatic carbocycles. The standard InChI is InChI=1S/C13H26N2O3/c1-11(2)14(3)10-13(17)6-5-7-15(12(13)16)8-9-18-4/h11,17H,5-10H2,1-4H3. The number of hydrogen-bond acceptors (Lipinski definition) is 4. The van der Waals surface area contributed by atoms with Crippen molar-refractivity contribution in [2.75, 3.05) is 40.4 Å². The minimum Gasteiger partial charge on any atom is -0.383 e. The number of aliphatic hydroxyl groups is 1. The van der Waals surface area contributed by atoms with E-state index in [1.165, 1.54) is 0 Å². The molecule has 0 saturated carbocycles. The minimum absolute atomic E-state index is 0.154. The second-order valence-electron chi connectivity index (χ2n) is 5.43. The summed E-state index contributed by atoms with van der Waals surface area (Å²) in [6.07, 6.45) is 1.39. The van der Waals surface area contributed by atoms with Crippen LogP contribution in [0.4, 0.5) is 0 Å². The van der Waals surface area contributed by atoms with Gasteiger partial charge in [-0.15, -0.1) is 0 Å². The summed E-state index contributed by atoms with van der Waals surface area (Å²) < 4.78 is 4.99. The van der Waals surface area contributed by atoms with Crippen molar-refractivity contribution in [3.05, 3.63) is 0 Å². The average Bonchev–Trinajstić information content (AvgIpc) is 2.31. The Morgan fingerprint density at radius 1 is 1.56 bits per heavy atom. The Kier molecular flexibility index (Phi) is 5.56. The first kappa shape index (κ1) is 15.4. The van der Waals surface area contributed by atoms with Crippen LogP contribution >= 0.6 is 0 Å². The molecule has 5 heteroatoms. The molecule has 0 aliphatic carbocycles. The number of methoxy groups -OCH3 is 1. The second-order valence-corrected chi connectivity index (χ2v) is 5.43. The van der Waals surface area contributed by atoms with Gasteiger partial charge in [-0.3, -0.25) is 4.79 Å². The van der Waals surface area contributed by atoms with Gasteiger partial charge in [-0.1, -0.05) is 0 Å². The zero-order valence-electron chi connectivity index (χ0n) is 12.0. The highest BCUT2D eigenvalue weighted by Crippen LogP contribution is 2.24. The summed E-state index contributed by atoms with van der Waals surface area (Å²) in [5, 5.41) is 10.6. The van der Waals surface area contributed by atoms with Crippen molar-refractivity contribution >= 4 is 5.91 Å². The maximum absolute atomic E-state index is 12.3. The Hall–Kier alpha value is -0.650. The Morgan fingerprint density at radius 2 is 2.22 bits per heavy atom. The third kappa shape index (κ3) is 3.67. The van der Waals surface area contributed by atoms with Crippen molar-refractivity contribution in [1.29, 1.82) is 0 Å². The van der Waals surface area contributed by atoms with E-state index in [4.69, 9.17) is 4.74 Å². The largest absolute Gasteiger partial charge is 0.383 e. The van der Waals surface area contributed by atoms with Gasteiger partial charge < -0.3 is 19.6 Å². The SMILES string of the molecule is COCCN1CCCC(O)(CN(C)C(C)C)C1=O. The van der Waals surface area contributed by atoms with Gasteiger partial charge in [0.05, 0.1) is 6.61 Å². The second kappa shape index (κ2) is 6.50. The molecule has 1 aliphatic rings. The van der Waals surface area contributed by atoms with Crippen LogP contribution in [0.25, 0.3) is 0 Å². The summed E-state index contributed by atoms with van der Waals surface area (Å²) in [5.74, 6) is -0.154. The van der Waals surface area contributed by atoms with Crippen LogP contribution in [-0.2, 0) is 9.53 Å². The van der Waals surface area contributed by atoms with Gasteiger partial charge in [0, 0.05) is 32.8 Å². The lowest BCUT2D eigenvalue weighted by Crippen LogP contribution is -2.59. The molecule has 1 amide bonds. The number of hydrogen-bond donors (Lipinski definition) is 1. The smallest absolute Gasteiger partial charge is 0.255 e. The van der Waals surface area contributed by atoms with E-state index in [0.717, 1.165) is 13.0 Å². The van der Waals surface area contributed by atoms with Crippen LogP contribution < -0.4 is 0 Å². The third-order valence-corrected chi connectivity index (χ3v) is 3.66. The van der Waals surface area contributed by atoms with E-state index < -0.39 is 5.60 Å². The number of likely N-dealkylation sites (tertiary alicyclic amines) is 1. The first-order valence-corrected chi connectivity index (χ1v) is 6.61. The van der Waals surface area contributed by atoms with Gasteiger partial charge in [0.25, 0.3) is 5.91 Å². The zero-order chi connectivity index (χ0) is 13.8. The van der Waals surface area contributed by atoms with Gasteiger partial charge in [-0.25, -0.2) is 0 Å². The molecule has 1 heterocycles. The predicted octanol–water partition coefficient (Wildman–Crippen LogP) is 0.327. The van der Waals surface area contributed by atoms with E-state index >= 15 is 0 Å². The molecule has 1 fully saturated rings. The lowest BCUT2D eigenvalue weighted by Gasteiger charge is -2.40. The number of likely N-dealkylation sites (N-methyl/N-ethyl adjacent to an activating group) is 1. The molecular weight excluding hydrogens is 232 g/mol. The fourth-order valence-electron chi connectivity index (χ4n) is 2.22. The van der Waals surface area contributed by atoms with Crippen molar-refractivity contribution < 1.29 is 14.6 Å². The molecule has 5 nitrogen and oxygen atoms in total. The van der Waals surface area contributed by atoms with E-state index in [1.54, 1.807) is 12.0 Å². The number of carbonyl (C=O) groups is 1. The summed E-state index contributed by atoms with van der Waals surface area (Å²) in [4.78, 5) is 16.0. The molecule has 0 bridgehead atoms. The minimum atomic E-state index is -1.23. The lowest BCUT2D eigenvalue weighted by molar-refractivity contribution is -0.160. The summed E-state index contributed by atoms with van der Waals surface area (Å²) in [6, 6.07) is 0.316. The number of nitrogens with zero attached hydrogens (tertiary/aromatic N) is 2. The molecule has 1 rings (SSSR count). The molecule has 1 aliphatic heterocycles. The number of ether oxygens (including phenoxy) is 1. The Labute approximate surface area is 110 Å². The van der Waals surface area contributed by atoms with Gasteiger partial charge in [0.1, 0.15) is 0 Å². The highest BCUT2D eigenvalue weighted by atomic mass is 16.5. The number of piperidine rings is 1. The predicted molar refractivity (Wildman–Crippen MR) is 70.4 cm³/mol. The molecule has 1 atom stereocenters. The Balaban J connectivity index is 2.65. The normalized spacial score (nSPS) is 25.3. The quantitative estimate of drug-likeness (QED) is 0.746. The summed E-state index contributed by atoms with van der Waals surface area (Å²) >= 11 is 0. The van der Waals surface area contributed by atoms with Crippen molar-refractivity contribution in [3.8, 4) is 0 Å². The van der Waals surface area contributed by atoms with Crippen LogP contribution in [0.2, 0.25) is 0 Å². The van der Waals surface area contributed by atoms with Crippen molar-refractivity contribution in [1.82, 2.24) is 9.80 Å². The molecule has 1 saturated heterocycles. The highest BCUT2D eigenvalue weighted by Gasteiger charge is 2.42. The summed E-state index contributed by atoms with van der Waals surface area (Å²) in [5.41, 5.74) is -1.23. The maximum atomic E-state index is 12.3. The van der Waals surface area contributed by atoms with Gasteiger partial charge in [0.2, 0.25) is 0 Å². The van der Waals surface area contributed by atoms with Crippen LogP contribution in [0.15, 0.2) is 0 Å². The zero-order valence-corrected chi connectivity index (χ0v) is 12.0. The van der Waals surface area contributed by atoms with Crippen LogP contribution in [0.5, 0.6) is 0 Å². The number of amides is 1. The summed E-state index contributed by atoms with van der Waals surface area (Å²) in [7, 11) is 3.55. The van der Waals surface area contributed by atoms with Gasteiger partial charge in [-0.2, -0.15) is 0 Å². The average molecular weight is 258 g/mol. The van der Waals surface area contributed by atoms with Crippen molar-refractivity contribution in [3.63, 3.8) is 0 Å². The third-order valence-electron chi connectivity index (χ3n) is 3.66. The highest BCUT2D eigenvalue weighted by molar-refractivity contribution is 5.86. The van der Waals surface area contributed by atoms with Gasteiger partial charge in [0.15, 0.2) is 5.60 Å². The van der Waals surface area contributed by atoms with Crippen LogP contribution in [0, 0.1) is 0 Å². The van der Waals surface area contributed by atoms with E-state index in [9.17, 15) is 9.90 Å². The molecule has 0 radical (unpaired) electrons. The van der Waals surface area contributed by atoms with E-state index in [2.05, 4.69) is 13.8 Å². The van der Waals surface area contributed by atoms with E-state index in [1.807, 2.05) is 11.9 Å². The van der Waals surface area contributed by atoms with Crippen LogP contribution in [0.1, 0.15) is 26.7 Å². The number of rotatable bonds is 6. The summed E-state index contributed by atoms with van der Waals surface area (Å²) in [6.45, 7) is 6.30. The van der Waals surface area contributed by atoms with Gasteiger partial charge >= 0.3 is 0 Å². The topological polar surface area (TPSA) is 53.0 Å². The lowest BCUT2D eigenvalue weighted by atomic mass is 9.91. The molecule has 0 spiro atoms. The van der Waals surface area contributed by atoms with E-state index in [0.29, 0.717) is 32.2 Å². The first-order valence-electron chi connectivity index (χ1n) is 6.61. The number of carbonyl (C=O) groups excluding carboxylic acids is 1. The maximum Gasteiger partial charge on any atom is 0.255 e.